The van der Waals surface area contributed by atoms with Crippen LogP contribution in [0.4, 0.5) is 10.1 Å². The normalized spacial score (nSPS) is 11.8. The summed E-state index contributed by atoms with van der Waals surface area (Å²) >= 11 is 6.34. The highest BCUT2D eigenvalue weighted by Crippen LogP contribution is 2.35. The molecule has 5 nitrogen and oxygen atoms in total. The molecule has 4 aromatic rings. The van der Waals surface area contributed by atoms with Gasteiger partial charge < -0.3 is 14.5 Å². The van der Waals surface area contributed by atoms with Crippen LogP contribution in [-0.4, -0.2) is 17.3 Å². The highest BCUT2D eigenvalue weighted by Gasteiger charge is 2.25. The van der Waals surface area contributed by atoms with Crippen molar-refractivity contribution in [2.75, 3.05) is 12.4 Å². The van der Waals surface area contributed by atoms with Crippen LogP contribution in [0.15, 0.2) is 77.2 Å². The predicted octanol–water partition coefficient (Wildman–Crippen LogP) is 5.74. The number of hydrogen-bond acceptors (Lipinski definition) is 5. The first-order chi connectivity index (χ1) is 14.2. The first-order valence-electron chi connectivity index (χ1n) is 8.89. The minimum absolute atomic E-state index is 0.247. The number of ether oxygens (including phenoxy) is 1. The van der Waals surface area contributed by atoms with E-state index < -0.39 is 11.9 Å². The van der Waals surface area contributed by atoms with E-state index >= 15 is 0 Å². The Morgan fingerprint density at radius 2 is 1.76 bits per heavy atom. The molecule has 7 heteroatoms. The average molecular weight is 410 g/mol. The number of hydrogen-bond donors (Lipinski definition) is 1. The molecule has 0 unspecified atom stereocenters. The maximum Gasteiger partial charge on any atom is 0.247 e. The van der Waals surface area contributed by atoms with Gasteiger partial charge in [0.1, 0.15) is 17.6 Å². The zero-order valence-electron chi connectivity index (χ0n) is 15.5. The standard InChI is InChI=1S/C22H17ClFN3O2/c1-28-19-10-6-5-9-18(19)25-20(16-12-11-15(24)13-17(16)23)22-27-26-21(29-22)14-7-3-2-4-8-14/h2-13,20,25H,1H3/t20-/m0/s1. The lowest BCUT2D eigenvalue weighted by molar-refractivity contribution is 0.415. The van der Waals surface area contributed by atoms with Crippen LogP contribution in [0, 0.1) is 5.82 Å². The molecule has 1 heterocycles. The Bertz CT molecular complexity index is 1120. The molecule has 1 atom stereocenters. The fourth-order valence-corrected chi connectivity index (χ4v) is 3.25. The van der Waals surface area contributed by atoms with E-state index in [1.807, 2.05) is 54.6 Å². The van der Waals surface area contributed by atoms with Crippen molar-refractivity contribution in [1.82, 2.24) is 10.2 Å². The summed E-state index contributed by atoms with van der Waals surface area (Å²) in [4.78, 5) is 0. The molecule has 0 aliphatic rings. The van der Waals surface area contributed by atoms with Gasteiger partial charge in [0.25, 0.3) is 0 Å². The molecular weight excluding hydrogens is 393 g/mol. The minimum atomic E-state index is -0.607. The highest BCUT2D eigenvalue weighted by atomic mass is 35.5. The van der Waals surface area contributed by atoms with E-state index in [0.717, 1.165) is 5.56 Å². The van der Waals surface area contributed by atoms with Gasteiger partial charge in [0.15, 0.2) is 0 Å². The van der Waals surface area contributed by atoms with Crippen molar-refractivity contribution >= 4 is 17.3 Å². The summed E-state index contributed by atoms with van der Waals surface area (Å²) in [5.74, 6) is 0.887. The van der Waals surface area contributed by atoms with E-state index in [1.54, 1.807) is 13.2 Å². The monoisotopic (exact) mass is 409 g/mol. The van der Waals surface area contributed by atoms with Crippen LogP contribution in [0.1, 0.15) is 17.5 Å². The topological polar surface area (TPSA) is 60.2 Å². The maximum atomic E-state index is 13.6. The predicted molar refractivity (Wildman–Crippen MR) is 110 cm³/mol. The summed E-state index contributed by atoms with van der Waals surface area (Å²) in [6.07, 6.45) is 0. The van der Waals surface area contributed by atoms with Gasteiger partial charge in [-0.1, -0.05) is 48.0 Å². The third-order valence-corrected chi connectivity index (χ3v) is 4.72. The van der Waals surface area contributed by atoms with Gasteiger partial charge in [-0.3, -0.25) is 0 Å². The number of rotatable bonds is 6. The van der Waals surface area contributed by atoms with Gasteiger partial charge in [0.2, 0.25) is 11.8 Å². The van der Waals surface area contributed by atoms with Crippen LogP contribution in [0.3, 0.4) is 0 Å². The summed E-state index contributed by atoms with van der Waals surface area (Å²) in [6, 6.07) is 20.5. The van der Waals surface area contributed by atoms with Crippen molar-refractivity contribution in [3.63, 3.8) is 0 Å². The molecule has 0 saturated heterocycles. The molecular formula is C22H17ClFN3O2. The van der Waals surface area contributed by atoms with Crippen molar-refractivity contribution in [1.29, 1.82) is 0 Å². The summed E-state index contributed by atoms with van der Waals surface area (Å²) in [5, 5.41) is 11.9. The second-order valence-electron chi connectivity index (χ2n) is 6.25. The van der Waals surface area contributed by atoms with Gasteiger partial charge in [-0.25, -0.2) is 4.39 Å². The summed E-state index contributed by atoms with van der Waals surface area (Å²) < 4.78 is 25.0. The molecule has 0 bridgehead atoms. The van der Waals surface area contributed by atoms with Gasteiger partial charge in [-0.2, -0.15) is 0 Å². The lowest BCUT2D eigenvalue weighted by Gasteiger charge is -2.20. The zero-order valence-corrected chi connectivity index (χ0v) is 16.2. The van der Waals surface area contributed by atoms with Gasteiger partial charge in [0, 0.05) is 16.1 Å². The molecule has 1 N–H and O–H groups in total. The Balaban J connectivity index is 1.77. The molecule has 0 aliphatic carbocycles. The second-order valence-corrected chi connectivity index (χ2v) is 6.66. The van der Waals surface area contributed by atoms with Gasteiger partial charge in [-0.05, 0) is 36.4 Å². The number of nitrogens with zero attached hydrogens (tertiary/aromatic N) is 2. The number of benzene rings is 3. The van der Waals surface area contributed by atoms with Crippen molar-refractivity contribution < 1.29 is 13.5 Å². The van der Waals surface area contributed by atoms with Crippen LogP contribution in [0.5, 0.6) is 5.75 Å². The van der Waals surface area contributed by atoms with E-state index in [1.165, 1.54) is 12.1 Å². The third kappa shape index (κ3) is 4.07. The fourth-order valence-electron chi connectivity index (χ4n) is 2.98. The SMILES string of the molecule is COc1ccccc1N[C@H](c1nnc(-c2ccccc2)o1)c1ccc(F)cc1Cl. The first kappa shape index (κ1) is 19.0. The summed E-state index contributed by atoms with van der Waals surface area (Å²) in [6.45, 7) is 0. The number of nitrogens with one attached hydrogen (secondary N) is 1. The Morgan fingerprint density at radius 3 is 2.52 bits per heavy atom. The molecule has 146 valence electrons. The molecule has 0 radical (unpaired) electrons. The molecule has 0 aliphatic heterocycles. The molecule has 0 amide bonds. The third-order valence-electron chi connectivity index (χ3n) is 4.39. The van der Waals surface area contributed by atoms with Crippen LogP contribution < -0.4 is 10.1 Å². The van der Waals surface area contributed by atoms with Crippen LogP contribution in [0.25, 0.3) is 11.5 Å². The van der Waals surface area contributed by atoms with Crippen LogP contribution in [-0.2, 0) is 0 Å². The lowest BCUT2D eigenvalue weighted by Crippen LogP contribution is -2.14. The molecule has 3 aromatic carbocycles. The van der Waals surface area contributed by atoms with Crippen LogP contribution >= 0.6 is 11.6 Å². The fraction of sp³-hybridized carbons (Fsp3) is 0.0909. The molecule has 29 heavy (non-hydrogen) atoms. The van der Waals surface area contributed by atoms with E-state index in [9.17, 15) is 4.39 Å². The molecule has 1 aromatic heterocycles. The van der Waals surface area contributed by atoms with Crippen molar-refractivity contribution in [2.24, 2.45) is 0 Å². The smallest absolute Gasteiger partial charge is 0.247 e. The minimum Gasteiger partial charge on any atom is -0.495 e. The van der Waals surface area contributed by atoms with E-state index in [4.69, 9.17) is 20.8 Å². The number of para-hydroxylation sites is 2. The number of halogens is 2. The van der Waals surface area contributed by atoms with E-state index in [2.05, 4.69) is 15.5 Å². The van der Waals surface area contributed by atoms with Gasteiger partial charge in [-0.15, -0.1) is 10.2 Å². The van der Waals surface area contributed by atoms with Crippen molar-refractivity contribution in [3.8, 4) is 17.2 Å². The highest BCUT2D eigenvalue weighted by molar-refractivity contribution is 6.31. The number of methoxy groups -OCH3 is 1. The molecule has 0 fully saturated rings. The van der Waals surface area contributed by atoms with E-state index in [-0.39, 0.29) is 5.02 Å². The molecule has 4 rings (SSSR count). The maximum absolute atomic E-state index is 13.6. The first-order valence-corrected chi connectivity index (χ1v) is 9.27. The average Bonchev–Trinajstić information content (AvgIpc) is 3.23. The Morgan fingerprint density at radius 1 is 1.00 bits per heavy atom. The zero-order chi connectivity index (χ0) is 20.2. The van der Waals surface area contributed by atoms with Gasteiger partial charge >= 0.3 is 0 Å². The van der Waals surface area contributed by atoms with Gasteiger partial charge in [0.05, 0.1) is 12.8 Å². The van der Waals surface area contributed by atoms with Crippen LogP contribution in [0.2, 0.25) is 5.02 Å². The van der Waals surface area contributed by atoms with Crippen molar-refractivity contribution in [3.05, 3.63) is 95.1 Å². The molecule has 0 saturated carbocycles. The Kier molecular flexibility index (Phi) is 5.44. The number of anilines is 1. The Hall–Kier alpha value is -3.38. The Labute approximate surface area is 172 Å². The number of aromatic nitrogens is 2. The summed E-state index contributed by atoms with van der Waals surface area (Å²) in [7, 11) is 1.58. The second kappa shape index (κ2) is 8.32. The molecule has 0 spiro atoms. The lowest BCUT2D eigenvalue weighted by atomic mass is 10.1. The van der Waals surface area contributed by atoms with Crippen molar-refractivity contribution in [2.45, 2.75) is 6.04 Å². The quantitative estimate of drug-likeness (QED) is 0.440. The largest absolute Gasteiger partial charge is 0.495 e. The van der Waals surface area contributed by atoms with E-state index in [0.29, 0.717) is 28.8 Å². The summed E-state index contributed by atoms with van der Waals surface area (Å²) in [5.41, 5.74) is 2.11.